The lowest BCUT2D eigenvalue weighted by atomic mass is 10.3. The van der Waals surface area contributed by atoms with Crippen molar-refractivity contribution in [1.29, 1.82) is 0 Å². The highest BCUT2D eigenvalue weighted by Gasteiger charge is 2.17. The van der Waals surface area contributed by atoms with Crippen LogP contribution in [0.1, 0.15) is 18.7 Å². The highest BCUT2D eigenvalue weighted by molar-refractivity contribution is 8.00. The minimum absolute atomic E-state index is 0.00485. The zero-order chi connectivity index (χ0) is 15.2. The van der Waals surface area contributed by atoms with E-state index in [0.717, 1.165) is 21.7 Å². The molecule has 5 nitrogen and oxygen atoms in total. The SMILES string of the molecule is CCc1cc2c(SC(C)C(=O)NCCOC)ncnc2s1. The van der Waals surface area contributed by atoms with Crippen molar-refractivity contribution in [2.45, 2.75) is 30.5 Å². The summed E-state index contributed by atoms with van der Waals surface area (Å²) in [6, 6.07) is 2.12. The van der Waals surface area contributed by atoms with Gasteiger partial charge < -0.3 is 10.1 Å². The summed E-state index contributed by atoms with van der Waals surface area (Å²) in [5.41, 5.74) is 0. The molecule has 0 saturated heterocycles. The molecule has 21 heavy (non-hydrogen) atoms. The first-order valence-electron chi connectivity index (χ1n) is 6.82. The number of thiophene rings is 1. The second-order valence-electron chi connectivity index (χ2n) is 4.51. The van der Waals surface area contributed by atoms with Crippen LogP contribution in [0, 0.1) is 0 Å². The first-order chi connectivity index (χ1) is 10.2. The van der Waals surface area contributed by atoms with Gasteiger partial charge in [-0.25, -0.2) is 9.97 Å². The molecule has 1 atom stereocenters. The maximum absolute atomic E-state index is 12.0. The van der Waals surface area contributed by atoms with Gasteiger partial charge in [0.1, 0.15) is 16.2 Å². The molecule has 0 aliphatic heterocycles. The summed E-state index contributed by atoms with van der Waals surface area (Å²) in [5.74, 6) is -0.00485. The molecular weight excluding hydrogens is 306 g/mol. The van der Waals surface area contributed by atoms with Gasteiger partial charge in [-0.3, -0.25) is 4.79 Å². The Kier molecular flexibility index (Phi) is 5.96. The average Bonchev–Trinajstić information content (AvgIpc) is 2.91. The third kappa shape index (κ3) is 4.15. The number of carbonyl (C=O) groups excluding carboxylic acids is 1. The molecule has 0 aromatic carbocycles. The van der Waals surface area contributed by atoms with Crippen molar-refractivity contribution in [2.24, 2.45) is 0 Å². The number of rotatable bonds is 7. The number of aryl methyl sites for hydroxylation is 1. The van der Waals surface area contributed by atoms with Gasteiger partial charge in [0, 0.05) is 23.9 Å². The van der Waals surface area contributed by atoms with E-state index in [1.165, 1.54) is 16.6 Å². The zero-order valence-corrected chi connectivity index (χ0v) is 14.0. The Morgan fingerprint density at radius 3 is 3.05 bits per heavy atom. The van der Waals surface area contributed by atoms with Crippen molar-refractivity contribution in [3.05, 3.63) is 17.3 Å². The summed E-state index contributed by atoms with van der Waals surface area (Å²) < 4.78 is 4.92. The highest BCUT2D eigenvalue weighted by Crippen LogP contribution is 2.32. The van der Waals surface area contributed by atoms with Crippen LogP contribution >= 0.6 is 23.1 Å². The maximum atomic E-state index is 12.0. The van der Waals surface area contributed by atoms with E-state index in [0.29, 0.717) is 13.2 Å². The van der Waals surface area contributed by atoms with Gasteiger partial charge in [-0.2, -0.15) is 0 Å². The molecule has 0 aliphatic rings. The van der Waals surface area contributed by atoms with Gasteiger partial charge in [-0.1, -0.05) is 18.7 Å². The predicted molar refractivity (Wildman–Crippen MR) is 87.0 cm³/mol. The fourth-order valence-electron chi connectivity index (χ4n) is 1.79. The maximum Gasteiger partial charge on any atom is 0.233 e. The molecule has 0 spiro atoms. The molecule has 2 aromatic rings. The van der Waals surface area contributed by atoms with Gasteiger partial charge in [0.05, 0.1) is 11.9 Å². The molecule has 2 aromatic heterocycles. The Balaban J connectivity index is 2.08. The van der Waals surface area contributed by atoms with Crippen molar-refractivity contribution in [3.63, 3.8) is 0 Å². The normalized spacial score (nSPS) is 12.5. The number of amides is 1. The Hall–Kier alpha value is -1.18. The van der Waals surface area contributed by atoms with E-state index in [9.17, 15) is 4.79 Å². The molecule has 2 heterocycles. The number of thioether (sulfide) groups is 1. The van der Waals surface area contributed by atoms with Gasteiger partial charge >= 0.3 is 0 Å². The second-order valence-corrected chi connectivity index (χ2v) is 6.95. The quantitative estimate of drug-likeness (QED) is 0.481. The summed E-state index contributed by atoms with van der Waals surface area (Å²) in [7, 11) is 1.61. The van der Waals surface area contributed by atoms with Crippen molar-refractivity contribution in [3.8, 4) is 0 Å². The van der Waals surface area contributed by atoms with Crippen molar-refractivity contribution in [2.75, 3.05) is 20.3 Å². The predicted octanol–water partition coefficient (Wildman–Crippen LogP) is 2.50. The number of nitrogens with zero attached hydrogens (tertiary/aromatic N) is 2. The van der Waals surface area contributed by atoms with E-state index in [1.807, 2.05) is 6.92 Å². The fourth-order valence-corrected chi connectivity index (χ4v) is 3.71. The van der Waals surface area contributed by atoms with Crippen LogP contribution in [0.15, 0.2) is 17.4 Å². The lowest BCUT2D eigenvalue weighted by Crippen LogP contribution is -2.33. The molecule has 114 valence electrons. The summed E-state index contributed by atoms with van der Waals surface area (Å²) in [5, 5.41) is 4.55. The van der Waals surface area contributed by atoms with Gasteiger partial charge in [-0.15, -0.1) is 11.3 Å². The van der Waals surface area contributed by atoms with Crippen LogP contribution in [-0.4, -0.2) is 41.4 Å². The smallest absolute Gasteiger partial charge is 0.233 e. The Morgan fingerprint density at radius 2 is 2.33 bits per heavy atom. The van der Waals surface area contributed by atoms with Gasteiger partial charge in [-0.05, 0) is 19.4 Å². The van der Waals surface area contributed by atoms with E-state index in [2.05, 4.69) is 28.3 Å². The number of methoxy groups -OCH3 is 1. The highest BCUT2D eigenvalue weighted by atomic mass is 32.2. The van der Waals surface area contributed by atoms with E-state index in [1.54, 1.807) is 24.8 Å². The third-order valence-corrected chi connectivity index (χ3v) is 5.26. The standard InChI is InChI=1S/C14H19N3O2S2/c1-4-10-7-11-13(16-8-17-14(11)21-10)20-9(2)12(18)15-5-6-19-3/h7-9H,4-6H2,1-3H3,(H,15,18). The Bertz CT molecular complexity index is 615. The van der Waals surface area contributed by atoms with Crippen molar-refractivity contribution in [1.82, 2.24) is 15.3 Å². The van der Waals surface area contributed by atoms with Gasteiger partial charge in [0.2, 0.25) is 5.91 Å². The van der Waals surface area contributed by atoms with E-state index in [4.69, 9.17) is 4.74 Å². The Morgan fingerprint density at radius 1 is 1.52 bits per heavy atom. The van der Waals surface area contributed by atoms with Crippen LogP contribution < -0.4 is 5.32 Å². The van der Waals surface area contributed by atoms with Crippen LogP contribution in [0.4, 0.5) is 0 Å². The van der Waals surface area contributed by atoms with Crippen molar-refractivity contribution < 1.29 is 9.53 Å². The fraction of sp³-hybridized carbons (Fsp3) is 0.500. The second kappa shape index (κ2) is 7.72. The first kappa shape index (κ1) is 16.2. The van der Waals surface area contributed by atoms with Gasteiger partial charge in [0.15, 0.2) is 0 Å². The van der Waals surface area contributed by atoms with Crippen LogP contribution in [-0.2, 0) is 16.0 Å². The molecule has 0 radical (unpaired) electrons. The molecular formula is C14H19N3O2S2. The molecule has 1 unspecified atom stereocenters. The van der Waals surface area contributed by atoms with E-state index in [-0.39, 0.29) is 11.2 Å². The molecule has 0 saturated carbocycles. The van der Waals surface area contributed by atoms with Crippen LogP contribution in [0.25, 0.3) is 10.2 Å². The monoisotopic (exact) mass is 325 g/mol. The van der Waals surface area contributed by atoms with Crippen LogP contribution in [0.3, 0.4) is 0 Å². The molecule has 1 amide bonds. The number of hydrogen-bond acceptors (Lipinski definition) is 6. The number of hydrogen-bond donors (Lipinski definition) is 1. The Labute approximate surface area is 132 Å². The van der Waals surface area contributed by atoms with Crippen molar-refractivity contribution >= 4 is 39.2 Å². The average molecular weight is 325 g/mol. The summed E-state index contributed by atoms with van der Waals surface area (Å²) >= 11 is 3.15. The summed E-state index contributed by atoms with van der Waals surface area (Å²) in [6.07, 6.45) is 2.55. The molecule has 7 heteroatoms. The zero-order valence-electron chi connectivity index (χ0n) is 12.4. The summed E-state index contributed by atoms with van der Waals surface area (Å²) in [4.78, 5) is 22.9. The number of nitrogens with one attached hydrogen (secondary N) is 1. The molecule has 2 rings (SSSR count). The first-order valence-corrected chi connectivity index (χ1v) is 8.52. The molecule has 1 N–H and O–H groups in total. The van der Waals surface area contributed by atoms with E-state index >= 15 is 0 Å². The molecule has 0 aliphatic carbocycles. The van der Waals surface area contributed by atoms with E-state index < -0.39 is 0 Å². The largest absolute Gasteiger partial charge is 0.383 e. The lowest BCUT2D eigenvalue weighted by Gasteiger charge is -2.11. The number of fused-ring (bicyclic) bond motifs is 1. The number of aromatic nitrogens is 2. The van der Waals surface area contributed by atoms with Crippen LogP contribution in [0.5, 0.6) is 0 Å². The minimum Gasteiger partial charge on any atom is -0.383 e. The molecule has 0 bridgehead atoms. The molecule has 0 fully saturated rings. The minimum atomic E-state index is -0.204. The lowest BCUT2D eigenvalue weighted by molar-refractivity contribution is -0.120. The van der Waals surface area contributed by atoms with Crippen LogP contribution in [0.2, 0.25) is 0 Å². The summed E-state index contributed by atoms with van der Waals surface area (Å²) in [6.45, 7) is 5.05. The number of carbonyl (C=O) groups is 1. The number of ether oxygens (including phenoxy) is 1. The third-order valence-electron chi connectivity index (χ3n) is 2.96. The van der Waals surface area contributed by atoms with Gasteiger partial charge in [0.25, 0.3) is 0 Å². The topological polar surface area (TPSA) is 64.1 Å².